The smallest absolute Gasteiger partial charge is 0.234 e. The first-order chi connectivity index (χ1) is 11.1. The monoisotopic (exact) mass is 333 g/mol. The number of benzene rings is 1. The summed E-state index contributed by atoms with van der Waals surface area (Å²) in [7, 11) is 0. The zero-order chi connectivity index (χ0) is 16.2. The summed E-state index contributed by atoms with van der Waals surface area (Å²) in [6.07, 6.45) is 0.985. The number of rotatable bonds is 5. The highest BCUT2D eigenvalue weighted by molar-refractivity contribution is 6.30. The molecular formula is C16H20ClN5O. The van der Waals surface area contributed by atoms with Crippen LogP contribution in [0.25, 0.3) is 0 Å². The van der Waals surface area contributed by atoms with E-state index in [1.165, 1.54) is 0 Å². The molecule has 122 valence electrons. The van der Waals surface area contributed by atoms with Crippen LogP contribution in [0.1, 0.15) is 29.6 Å². The molecule has 1 unspecified atom stereocenters. The fourth-order valence-corrected chi connectivity index (χ4v) is 3.05. The highest BCUT2D eigenvalue weighted by Gasteiger charge is 2.27. The van der Waals surface area contributed by atoms with E-state index in [1.807, 2.05) is 31.2 Å². The van der Waals surface area contributed by atoms with Crippen LogP contribution in [0, 0.1) is 6.92 Å². The number of halogens is 1. The highest BCUT2D eigenvalue weighted by Crippen LogP contribution is 2.24. The molecular weight excluding hydrogens is 314 g/mol. The van der Waals surface area contributed by atoms with E-state index in [-0.39, 0.29) is 5.91 Å². The number of H-pyrrole nitrogens is 1. The lowest BCUT2D eigenvalue weighted by molar-refractivity contribution is -0.122. The summed E-state index contributed by atoms with van der Waals surface area (Å²) in [6.45, 7) is 4.51. The van der Waals surface area contributed by atoms with Gasteiger partial charge in [0.15, 0.2) is 5.82 Å². The molecule has 1 atom stereocenters. The SMILES string of the molecule is Cc1nc(C2CCN(CC(=O)NCc3cccc(Cl)c3)C2)n[nH]1. The Morgan fingerprint density at radius 1 is 1.52 bits per heavy atom. The van der Waals surface area contributed by atoms with E-state index in [1.54, 1.807) is 0 Å². The largest absolute Gasteiger partial charge is 0.351 e. The van der Waals surface area contributed by atoms with Gasteiger partial charge in [0.2, 0.25) is 5.91 Å². The predicted molar refractivity (Wildman–Crippen MR) is 88.2 cm³/mol. The lowest BCUT2D eigenvalue weighted by atomic mass is 10.1. The molecule has 1 aliphatic rings. The molecule has 6 nitrogen and oxygen atoms in total. The van der Waals surface area contributed by atoms with E-state index in [4.69, 9.17) is 11.6 Å². The van der Waals surface area contributed by atoms with E-state index in [0.29, 0.717) is 24.0 Å². The summed E-state index contributed by atoms with van der Waals surface area (Å²) >= 11 is 5.94. The molecule has 0 aliphatic carbocycles. The van der Waals surface area contributed by atoms with Crippen molar-refractivity contribution in [2.75, 3.05) is 19.6 Å². The van der Waals surface area contributed by atoms with Crippen molar-refractivity contribution >= 4 is 17.5 Å². The van der Waals surface area contributed by atoms with Gasteiger partial charge in [0.1, 0.15) is 5.82 Å². The van der Waals surface area contributed by atoms with Gasteiger partial charge in [-0.15, -0.1) is 0 Å². The number of aromatic nitrogens is 3. The van der Waals surface area contributed by atoms with E-state index in [2.05, 4.69) is 25.4 Å². The number of carbonyl (C=O) groups is 1. The predicted octanol–water partition coefficient (Wildman–Crippen LogP) is 1.87. The number of hydrogen-bond acceptors (Lipinski definition) is 4. The molecule has 1 amide bonds. The molecule has 0 spiro atoms. The maximum absolute atomic E-state index is 12.1. The number of aromatic amines is 1. The van der Waals surface area contributed by atoms with Gasteiger partial charge in [-0.05, 0) is 37.6 Å². The Hall–Kier alpha value is -1.92. The molecule has 1 aromatic heterocycles. The Kier molecular flexibility index (Phi) is 4.93. The van der Waals surface area contributed by atoms with Crippen molar-refractivity contribution in [3.05, 3.63) is 46.5 Å². The average Bonchev–Trinajstić information content (AvgIpc) is 3.14. The van der Waals surface area contributed by atoms with Crippen molar-refractivity contribution in [3.8, 4) is 0 Å². The fourth-order valence-electron chi connectivity index (χ4n) is 2.84. The molecule has 2 aromatic rings. The lowest BCUT2D eigenvalue weighted by Crippen LogP contribution is -2.35. The van der Waals surface area contributed by atoms with Crippen molar-refractivity contribution in [2.45, 2.75) is 25.8 Å². The van der Waals surface area contributed by atoms with E-state index in [9.17, 15) is 4.79 Å². The van der Waals surface area contributed by atoms with Gasteiger partial charge in [0.05, 0.1) is 6.54 Å². The lowest BCUT2D eigenvalue weighted by Gasteiger charge is -2.15. The number of amides is 1. The van der Waals surface area contributed by atoms with E-state index >= 15 is 0 Å². The molecule has 1 fully saturated rings. The normalized spacial score (nSPS) is 18.3. The van der Waals surface area contributed by atoms with Gasteiger partial charge in [-0.2, -0.15) is 5.10 Å². The molecule has 0 bridgehead atoms. The summed E-state index contributed by atoms with van der Waals surface area (Å²) < 4.78 is 0. The molecule has 23 heavy (non-hydrogen) atoms. The highest BCUT2D eigenvalue weighted by atomic mass is 35.5. The number of aryl methyl sites for hydroxylation is 1. The third-order valence-corrected chi connectivity index (χ3v) is 4.23. The number of nitrogens with zero attached hydrogens (tertiary/aromatic N) is 3. The van der Waals surface area contributed by atoms with Crippen molar-refractivity contribution in [1.29, 1.82) is 0 Å². The van der Waals surface area contributed by atoms with Crippen LogP contribution < -0.4 is 5.32 Å². The van der Waals surface area contributed by atoms with Crippen LogP contribution in [0.5, 0.6) is 0 Å². The number of nitrogens with one attached hydrogen (secondary N) is 2. The summed E-state index contributed by atoms with van der Waals surface area (Å²) in [5.74, 6) is 2.01. The minimum Gasteiger partial charge on any atom is -0.351 e. The second kappa shape index (κ2) is 7.10. The topological polar surface area (TPSA) is 73.9 Å². The summed E-state index contributed by atoms with van der Waals surface area (Å²) in [6, 6.07) is 7.51. The molecule has 7 heteroatoms. The van der Waals surface area contributed by atoms with Crippen LogP contribution >= 0.6 is 11.6 Å². The van der Waals surface area contributed by atoms with Gasteiger partial charge in [0.25, 0.3) is 0 Å². The van der Waals surface area contributed by atoms with E-state index < -0.39 is 0 Å². The molecule has 2 heterocycles. The van der Waals surface area contributed by atoms with Crippen LogP contribution in [0.15, 0.2) is 24.3 Å². The second-order valence-electron chi connectivity index (χ2n) is 5.91. The average molecular weight is 334 g/mol. The molecule has 1 saturated heterocycles. The van der Waals surface area contributed by atoms with Crippen LogP contribution in [-0.4, -0.2) is 45.6 Å². The molecule has 0 saturated carbocycles. The third kappa shape index (κ3) is 4.30. The Morgan fingerprint density at radius 2 is 2.39 bits per heavy atom. The molecule has 1 aliphatic heterocycles. The Balaban J connectivity index is 1.45. The van der Waals surface area contributed by atoms with Crippen LogP contribution in [0.4, 0.5) is 0 Å². The maximum Gasteiger partial charge on any atom is 0.234 e. The Morgan fingerprint density at radius 3 is 3.13 bits per heavy atom. The van der Waals surface area contributed by atoms with Crippen molar-refractivity contribution in [3.63, 3.8) is 0 Å². The van der Waals surface area contributed by atoms with Crippen LogP contribution in [-0.2, 0) is 11.3 Å². The molecule has 2 N–H and O–H groups in total. The number of carbonyl (C=O) groups excluding carboxylic acids is 1. The zero-order valence-corrected chi connectivity index (χ0v) is 13.8. The van der Waals surface area contributed by atoms with Gasteiger partial charge in [-0.1, -0.05) is 23.7 Å². The van der Waals surface area contributed by atoms with Crippen molar-refractivity contribution in [2.24, 2.45) is 0 Å². The first-order valence-electron chi connectivity index (χ1n) is 7.72. The summed E-state index contributed by atoms with van der Waals surface area (Å²) in [5, 5.41) is 10.7. The third-order valence-electron chi connectivity index (χ3n) is 4.00. The standard InChI is InChI=1S/C16H20ClN5O/c1-11-19-16(21-20-11)13-5-6-22(9-13)10-15(23)18-8-12-3-2-4-14(17)7-12/h2-4,7,13H,5-6,8-10H2,1H3,(H,18,23)(H,19,20,21). The van der Waals surface area contributed by atoms with Crippen molar-refractivity contribution in [1.82, 2.24) is 25.4 Å². The molecule has 3 rings (SSSR count). The molecule has 1 aromatic carbocycles. The van der Waals surface area contributed by atoms with Crippen LogP contribution in [0.2, 0.25) is 5.02 Å². The number of hydrogen-bond donors (Lipinski definition) is 2. The Labute approximate surface area is 140 Å². The first kappa shape index (κ1) is 16.0. The maximum atomic E-state index is 12.1. The van der Waals surface area contributed by atoms with Gasteiger partial charge in [-0.25, -0.2) is 4.98 Å². The quantitative estimate of drug-likeness (QED) is 0.876. The van der Waals surface area contributed by atoms with Crippen LogP contribution in [0.3, 0.4) is 0 Å². The minimum atomic E-state index is 0.0248. The summed E-state index contributed by atoms with van der Waals surface area (Å²) in [4.78, 5) is 18.6. The fraction of sp³-hybridized carbons (Fsp3) is 0.438. The minimum absolute atomic E-state index is 0.0248. The number of likely N-dealkylation sites (tertiary alicyclic amines) is 1. The first-order valence-corrected chi connectivity index (χ1v) is 8.10. The molecule has 0 radical (unpaired) electrons. The van der Waals surface area contributed by atoms with Gasteiger partial charge in [-0.3, -0.25) is 14.8 Å². The zero-order valence-electron chi connectivity index (χ0n) is 13.1. The Bertz CT molecular complexity index is 687. The van der Waals surface area contributed by atoms with Gasteiger partial charge >= 0.3 is 0 Å². The summed E-state index contributed by atoms with van der Waals surface area (Å²) in [5.41, 5.74) is 1.00. The van der Waals surface area contributed by atoms with E-state index in [0.717, 1.165) is 36.7 Å². The van der Waals surface area contributed by atoms with Gasteiger partial charge < -0.3 is 5.32 Å². The van der Waals surface area contributed by atoms with Crippen molar-refractivity contribution < 1.29 is 4.79 Å². The van der Waals surface area contributed by atoms with Gasteiger partial charge in [0, 0.05) is 24.0 Å². The second-order valence-corrected chi connectivity index (χ2v) is 6.34.